The fourth-order valence-corrected chi connectivity index (χ4v) is 8.24. The summed E-state index contributed by atoms with van der Waals surface area (Å²) in [6, 6.07) is 28.1. The summed E-state index contributed by atoms with van der Waals surface area (Å²) in [5.74, 6) is 0.498. The Labute approximate surface area is 359 Å². The van der Waals surface area contributed by atoms with Gasteiger partial charge in [0.2, 0.25) is 5.91 Å². The number of ether oxygens (including phenoxy) is 4. The second kappa shape index (κ2) is 18.1. The summed E-state index contributed by atoms with van der Waals surface area (Å²) in [6.45, 7) is 2.63. The fraction of sp³-hybridized carbons (Fsp3) is 0.271. The van der Waals surface area contributed by atoms with E-state index in [1.165, 1.54) is 25.5 Å². The number of carbonyl (C=O) groups excluding carboxylic acids is 4. The van der Waals surface area contributed by atoms with Gasteiger partial charge in [0.05, 0.1) is 44.1 Å². The number of methoxy groups -OCH3 is 2. The quantitative estimate of drug-likeness (QED) is 0.0964. The Balaban J connectivity index is 1.03. The number of rotatable bonds is 16. The number of likely N-dealkylation sites (N-methyl/N-ethyl adjacent to an activating group) is 2. The normalized spacial score (nSPS) is 15.7. The lowest BCUT2D eigenvalue weighted by atomic mass is 10.1. The molecule has 14 nitrogen and oxygen atoms in total. The SMILES string of the molecule is CCNC(=O)CNC(=O)c1cc(COc2cc3c(cc2OC)C(=O)N2c4ccccc4C[C@H]2C=N3)cc(COc2cc(NCC3Cc4ccccc4N3C)c(C=O)cc2OC)c1. The molecule has 318 valence electrons. The van der Waals surface area contributed by atoms with Gasteiger partial charge in [0.1, 0.15) is 13.2 Å². The molecule has 0 bridgehead atoms. The highest BCUT2D eigenvalue weighted by Crippen LogP contribution is 2.41. The highest BCUT2D eigenvalue weighted by atomic mass is 16.5. The van der Waals surface area contributed by atoms with Crippen LogP contribution in [0, 0.1) is 0 Å². The van der Waals surface area contributed by atoms with Crippen molar-refractivity contribution >= 4 is 53.0 Å². The number of aldehydes is 1. The van der Waals surface area contributed by atoms with Gasteiger partial charge < -0.3 is 39.8 Å². The van der Waals surface area contributed by atoms with Crippen LogP contribution in [-0.2, 0) is 30.8 Å². The molecule has 5 aromatic rings. The molecular weight excluding hydrogens is 789 g/mol. The first-order valence-corrected chi connectivity index (χ1v) is 20.5. The van der Waals surface area contributed by atoms with Crippen molar-refractivity contribution in [3.8, 4) is 23.0 Å². The van der Waals surface area contributed by atoms with E-state index in [1.54, 1.807) is 54.4 Å². The number of nitrogens with one attached hydrogen (secondary N) is 3. The standard InChI is InChI=1S/C48H48N6O8/c1-5-49-46(56)25-52-47(57)33-15-29(27-61-44-21-38(34(26-55)19-42(44)59-3)50-23-35-17-31-10-6-8-12-40(31)53(35)2)14-30(16-33)28-62-45-22-39-37(20-43(45)60-4)48(58)54-36(24-51-39)18-32-11-7-9-13-41(32)54/h6-16,19-22,24,26,35-36,50H,5,17-18,23,25,27-28H2,1-4H3,(H,49,56)(H,52,57)/t35?,36-/m0/s1. The molecule has 0 saturated heterocycles. The summed E-state index contributed by atoms with van der Waals surface area (Å²) in [6.07, 6.45) is 4.11. The van der Waals surface area contributed by atoms with Crippen LogP contribution in [0.5, 0.6) is 23.0 Å². The summed E-state index contributed by atoms with van der Waals surface area (Å²) in [5, 5.41) is 8.82. The Kier molecular flexibility index (Phi) is 12.1. The lowest BCUT2D eigenvalue weighted by Crippen LogP contribution is -2.37. The number of benzene rings is 5. The minimum Gasteiger partial charge on any atom is -0.493 e. The maximum atomic E-state index is 13.9. The van der Waals surface area contributed by atoms with Crippen LogP contribution < -0.4 is 44.7 Å². The zero-order valence-corrected chi connectivity index (χ0v) is 35.0. The smallest absolute Gasteiger partial charge is 0.261 e. The molecule has 0 spiro atoms. The van der Waals surface area contributed by atoms with Crippen LogP contribution in [0.25, 0.3) is 0 Å². The van der Waals surface area contributed by atoms with Gasteiger partial charge in [-0.3, -0.25) is 29.1 Å². The number of carbonyl (C=O) groups is 4. The van der Waals surface area contributed by atoms with Crippen molar-refractivity contribution in [2.24, 2.45) is 4.99 Å². The molecule has 14 heteroatoms. The minimum atomic E-state index is -0.463. The second-order valence-electron chi connectivity index (χ2n) is 15.3. The van der Waals surface area contributed by atoms with E-state index in [1.807, 2.05) is 42.5 Å². The maximum absolute atomic E-state index is 13.9. The number of para-hydroxylation sites is 2. The molecule has 1 unspecified atom stereocenters. The average Bonchev–Trinajstić information content (AvgIpc) is 3.79. The Morgan fingerprint density at radius 2 is 1.47 bits per heavy atom. The lowest BCUT2D eigenvalue weighted by molar-refractivity contribution is -0.120. The van der Waals surface area contributed by atoms with Gasteiger partial charge in [0.25, 0.3) is 11.8 Å². The lowest BCUT2D eigenvalue weighted by Gasteiger charge is -2.24. The molecule has 0 radical (unpaired) electrons. The van der Waals surface area contributed by atoms with Crippen molar-refractivity contribution in [2.75, 3.05) is 56.0 Å². The van der Waals surface area contributed by atoms with Crippen LogP contribution in [0.3, 0.4) is 0 Å². The molecule has 3 heterocycles. The third kappa shape index (κ3) is 8.49. The average molecular weight is 837 g/mol. The third-order valence-corrected chi connectivity index (χ3v) is 11.4. The molecule has 62 heavy (non-hydrogen) atoms. The Morgan fingerprint density at radius 3 is 2.15 bits per heavy atom. The van der Waals surface area contributed by atoms with E-state index in [0.717, 1.165) is 24.0 Å². The van der Waals surface area contributed by atoms with Crippen molar-refractivity contribution in [2.45, 2.75) is 45.1 Å². The van der Waals surface area contributed by atoms with Gasteiger partial charge in [-0.1, -0.05) is 36.4 Å². The predicted octanol–water partition coefficient (Wildman–Crippen LogP) is 6.30. The Bertz CT molecular complexity index is 2580. The molecule has 3 N–H and O–H groups in total. The first kappa shape index (κ1) is 41.4. The van der Waals surface area contributed by atoms with Gasteiger partial charge in [-0.2, -0.15) is 0 Å². The second-order valence-corrected chi connectivity index (χ2v) is 15.3. The van der Waals surface area contributed by atoms with E-state index >= 15 is 0 Å². The highest BCUT2D eigenvalue weighted by Gasteiger charge is 2.36. The number of amides is 3. The molecule has 0 aliphatic carbocycles. The van der Waals surface area contributed by atoms with Gasteiger partial charge in [0, 0.05) is 73.1 Å². The number of fused-ring (bicyclic) bond motifs is 5. The minimum absolute atomic E-state index is 0.00424. The molecule has 0 saturated carbocycles. The zero-order valence-electron chi connectivity index (χ0n) is 35.0. The van der Waals surface area contributed by atoms with E-state index in [4.69, 9.17) is 23.9 Å². The fourth-order valence-electron chi connectivity index (χ4n) is 8.24. The van der Waals surface area contributed by atoms with Gasteiger partial charge in [-0.05, 0) is 78.1 Å². The zero-order chi connectivity index (χ0) is 43.3. The summed E-state index contributed by atoms with van der Waals surface area (Å²) >= 11 is 0. The maximum Gasteiger partial charge on any atom is 0.261 e. The van der Waals surface area contributed by atoms with E-state index < -0.39 is 5.91 Å². The Morgan fingerprint density at radius 1 is 0.806 bits per heavy atom. The molecule has 3 amide bonds. The molecule has 0 aromatic heterocycles. The molecule has 0 fully saturated rings. The van der Waals surface area contributed by atoms with Gasteiger partial charge >= 0.3 is 0 Å². The first-order chi connectivity index (χ1) is 30.2. The number of anilines is 3. The van der Waals surface area contributed by atoms with Crippen LogP contribution >= 0.6 is 0 Å². The van der Waals surface area contributed by atoms with Gasteiger partial charge in [-0.15, -0.1) is 0 Å². The van der Waals surface area contributed by atoms with Crippen LogP contribution in [0.1, 0.15) is 60.3 Å². The van der Waals surface area contributed by atoms with E-state index in [2.05, 4.69) is 40.0 Å². The van der Waals surface area contributed by atoms with Crippen molar-refractivity contribution in [1.82, 2.24) is 10.6 Å². The topological polar surface area (TPSA) is 160 Å². The van der Waals surface area contributed by atoms with Crippen molar-refractivity contribution in [3.63, 3.8) is 0 Å². The largest absolute Gasteiger partial charge is 0.493 e. The first-order valence-electron chi connectivity index (χ1n) is 20.5. The van der Waals surface area contributed by atoms with E-state index in [-0.39, 0.29) is 49.2 Å². The number of nitrogens with zero attached hydrogens (tertiary/aromatic N) is 3. The summed E-state index contributed by atoms with van der Waals surface area (Å²) < 4.78 is 24.1. The van der Waals surface area contributed by atoms with Crippen LogP contribution in [0.2, 0.25) is 0 Å². The molecule has 5 aromatic carbocycles. The molecule has 3 aliphatic rings. The number of aliphatic imine (C=N–C) groups is 1. The van der Waals surface area contributed by atoms with Crippen molar-refractivity contribution in [1.29, 1.82) is 0 Å². The van der Waals surface area contributed by atoms with Gasteiger partial charge in [-0.25, -0.2) is 0 Å². The van der Waals surface area contributed by atoms with Crippen LogP contribution in [0.15, 0.2) is 96.0 Å². The molecular formula is C48H48N6O8. The summed E-state index contributed by atoms with van der Waals surface area (Å²) in [5.41, 5.74) is 7.81. The Hall–Kier alpha value is -7.35. The molecule has 3 aliphatic heterocycles. The van der Waals surface area contributed by atoms with E-state index in [0.29, 0.717) is 76.1 Å². The molecule has 8 rings (SSSR count). The van der Waals surface area contributed by atoms with Gasteiger partial charge in [0.15, 0.2) is 29.3 Å². The van der Waals surface area contributed by atoms with E-state index in [9.17, 15) is 19.2 Å². The van der Waals surface area contributed by atoms with Crippen LogP contribution in [0.4, 0.5) is 22.7 Å². The molecule has 2 atom stereocenters. The monoisotopic (exact) mass is 836 g/mol. The van der Waals surface area contributed by atoms with Crippen molar-refractivity contribution in [3.05, 3.63) is 130 Å². The van der Waals surface area contributed by atoms with Crippen molar-refractivity contribution < 1.29 is 38.1 Å². The summed E-state index contributed by atoms with van der Waals surface area (Å²) in [4.78, 5) is 60.6. The van der Waals surface area contributed by atoms with Crippen LogP contribution in [-0.4, -0.2) is 83.2 Å². The number of hydrogen-bond acceptors (Lipinski definition) is 11. The highest BCUT2D eigenvalue weighted by molar-refractivity contribution is 6.14. The third-order valence-electron chi connectivity index (χ3n) is 11.4. The predicted molar refractivity (Wildman–Crippen MR) is 237 cm³/mol. The summed E-state index contributed by atoms with van der Waals surface area (Å²) in [7, 11) is 5.08. The number of hydrogen-bond donors (Lipinski definition) is 3.